The first-order valence-corrected chi connectivity index (χ1v) is 6.41. The summed E-state index contributed by atoms with van der Waals surface area (Å²) in [5, 5.41) is 9.85. The smallest absolute Gasteiger partial charge is 0.348 e. The number of thiazole rings is 1. The van der Waals surface area contributed by atoms with Crippen molar-refractivity contribution in [1.82, 2.24) is 4.98 Å². The second-order valence-corrected chi connectivity index (χ2v) is 4.84. The Labute approximate surface area is 113 Å². The van der Waals surface area contributed by atoms with Gasteiger partial charge in [-0.15, -0.1) is 11.3 Å². The van der Waals surface area contributed by atoms with Gasteiger partial charge in [-0.2, -0.15) is 0 Å². The molecule has 0 spiro atoms. The molecule has 0 bridgehead atoms. The summed E-state index contributed by atoms with van der Waals surface area (Å²) in [4.78, 5) is 15.9. The van der Waals surface area contributed by atoms with Crippen molar-refractivity contribution in [3.05, 3.63) is 53.6 Å². The van der Waals surface area contributed by atoms with E-state index in [1.165, 1.54) is 0 Å². The molecule has 0 aliphatic carbocycles. The topological polar surface area (TPSA) is 63.3 Å². The van der Waals surface area contributed by atoms with Crippen LogP contribution in [-0.4, -0.2) is 16.1 Å². The Hall–Kier alpha value is -2.40. The first-order chi connectivity index (χ1) is 9.25. The van der Waals surface area contributed by atoms with Gasteiger partial charge in [-0.25, -0.2) is 9.78 Å². The minimum Gasteiger partial charge on any atom is -0.477 e. The van der Waals surface area contributed by atoms with Crippen molar-refractivity contribution >= 4 is 17.3 Å². The molecule has 0 saturated heterocycles. The molecular formula is C14H9NO3S. The van der Waals surface area contributed by atoms with Crippen LogP contribution in [0.3, 0.4) is 0 Å². The Morgan fingerprint density at radius 2 is 1.95 bits per heavy atom. The van der Waals surface area contributed by atoms with Crippen molar-refractivity contribution in [3.8, 4) is 22.0 Å². The molecule has 0 saturated carbocycles. The summed E-state index contributed by atoms with van der Waals surface area (Å²) in [6.45, 7) is 0. The van der Waals surface area contributed by atoms with Gasteiger partial charge in [0.15, 0.2) is 10.8 Å². The van der Waals surface area contributed by atoms with Crippen molar-refractivity contribution in [2.45, 2.75) is 0 Å². The minimum absolute atomic E-state index is 0.220. The Bertz CT molecular complexity index is 702. The SMILES string of the molecule is O=C(O)c1sc(-c2ccco2)nc1-c1ccccc1. The predicted octanol–water partition coefficient (Wildman–Crippen LogP) is 3.77. The van der Waals surface area contributed by atoms with Crippen molar-refractivity contribution in [1.29, 1.82) is 0 Å². The van der Waals surface area contributed by atoms with Crippen LogP contribution in [0.5, 0.6) is 0 Å². The Morgan fingerprint density at radius 3 is 2.58 bits per heavy atom. The van der Waals surface area contributed by atoms with Crippen LogP contribution in [0.1, 0.15) is 9.67 Å². The molecule has 0 unspecified atom stereocenters. The summed E-state index contributed by atoms with van der Waals surface area (Å²) in [6, 6.07) is 12.8. The maximum atomic E-state index is 11.3. The molecule has 0 amide bonds. The summed E-state index contributed by atoms with van der Waals surface area (Å²) in [5.41, 5.74) is 1.26. The highest BCUT2D eigenvalue weighted by Gasteiger charge is 2.20. The van der Waals surface area contributed by atoms with Gasteiger partial charge < -0.3 is 9.52 Å². The quantitative estimate of drug-likeness (QED) is 0.787. The van der Waals surface area contributed by atoms with Gasteiger partial charge in [0.05, 0.1) is 12.0 Å². The maximum Gasteiger partial charge on any atom is 0.348 e. The fraction of sp³-hybridized carbons (Fsp3) is 0. The Balaban J connectivity index is 2.16. The predicted molar refractivity (Wildman–Crippen MR) is 72.2 cm³/mol. The second kappa shape index (κ2) is 4.70. The van der Waals surface area contributed by atoms with Gasteiger partial charge in [-0.1, -0.05) is 30.3 Å². The van der Waals surface area contributed by atoms with E-state index in [2.05, 4.69) is 4.98 Å². The van der Waals surface area contributed by atoms with Crippen LogP contribution in [0, 0.1) is 0 Å². The van der Waals surface area contributed by atoms with Crippen molar-refractivity contribution in [3.63, 3.8) is 0 Å². The normalized spacial score (nSPS) is 10.5. The van der Waals surface area contributed by atoms with Crippen LogP contribution in [0.25, 0.3) is 22.0 Å². The number of carbonyl (C=O) groups is 1. The molecule has 0 fully saturated rings. The highest BCUT2D eigenvalue weighted by molar-refractivity contribution is 7.17. The number of rotatable bonds is 3. The van der Waals surface area contributed by atoms with E-state index in [-0.39, 0.29) is 4.88 Å². The zero-order valence-electron chi connectivity index (χ0n) is 9.74. The number of carboxylic acid groups (broad SMARTS) is 1. The number of furan rings is 1. The Kier molecular flexibility index (Phi) is 2.89. The average molecular weight is 271 g/mol. The van der Waals surface area contributed by atoms with Crippen molar-refractivity contribution < 1.29 is 14.3 Å². The first-order valence-electron chi connectivity index (χ1n) is 5.59. The number of benzene rings is 1. The van der Waals surface area contributed by atoms with Gasteiger partial charge in [0.25, 0.3) is 0 Å². The molecule has 2 heterocycles. The lowest BCUT2D eigenvalue weighted by molar-refractivity contribution is 0.0702. The summed E-state index contributed by atoms with van der Waals surface area (Å²) in [5.74, 6) is -0.399. The highest BCUT2D eigenvalue weighted by Crippen LogP contribution is 2.33. The van der Waals surface area contributed by atoms with Crippen molar-refractivity contribution in [2.24, 2.45) is 0 Å². The number of hydrogen-bond acceptors (Lipinski definition) is 4. The number of nitrogens with zero attached hydrogens (tertiary/aromatic N) is 1. The molecule has 1 N–H and O–H groups in total. The molecule has 3 aromatic rings. The lowest BCUT2D eigenvalue weighted by atomic mass is 10.1. The third kappa shape index (κ3) is 2.15. The molecule has 0 atom stereocenters. The number of carboxylic acids is 1. The van der Waals surface area contributed by atoms with Gasteiger partial charge >= 0.3 is 5.97 Å². The van der Waals surface area contributed by atoms with Crippen LogP contribution in [0.15, 0.2) is 53.1 Å². The lowest BCUT2D eigenvalue weighted by Gasteiger charge is -1.97. The first kappa shape index (κ1) is 11.7. The van der Waals surface area contributed by atoms with Gasteiger partial charge in [-0.05, 0) is 12.1 Å². The third-order valence-corrected chi connectivity index (χ3v) is 3.66. The molecule has 1 aromatic carbocycles. The van der Waals surface area contributed by atoms with Crippen LogP contribution >= 0.6 is 11.3 Å². The van der Waals surface area contributed by atoms with E-state index in [4.69, 9.17) is 4.42 Å². The molecule has 0 aliphatic rings. The Morgan fingerprint density at radius 1 is 1.16 bits per heavy atom. The van der Waals surface area contributed by atoms with Crippen LogP contribution in [-0.2, 0) is 0 Å². The minimum atomic E-state index is -0.978. The average Bonchev–Trinajstić information content (AvgIpc) is 3.08. The highest BCUT2D eigenvalue weighted by atomic mass is 32.1. The maximum absolute atomic E-state index is 11.3. The molecule has 2 aromatic heterocycles. The van der Waals surface area contributed by atoms with E-state index in [9.17, 15) is 9.90 Å². The van der Waals surface area contributed by atoms with Gasteiger partial charge in [0.1, 0.15) is 4.88 Å². The molecule has 3 rings (SSSR count). The van der Waals surface area contributed by atoms with Crippen LogP contribution < -0.4 is 0 Å². The lowest BCUT2D eigenvalue weighted by Crippen LogP contribution is -1.95. The second-order valence-electron chi connectivity index (χ2n) is 3.85. The summed E-state index contributed by atoms with van der Waals surface area (Å²) in [6.07, 6.45) is 1.54. The van der Waals surface area contributed by atoms with E-state index >= 15 is 0 Å². The number of hydrogen-bond donors (Lipinski definition) is 1. The molecular weight excluding hydrogens is 262 g/mol. The van der Waals surface area contributed by atoms with E-state index in [0.717, 1.165) is 16.9 Å². The van der Waals surface area contributed by atoms with Gasteiger partial charge in [0, 0.05) is 5.56 Å². The largest absolute Gasteiger partial charge is 0.477 e. The number of aromatic carboxylic acids is 1. The van der Waals surface area contributed by atoms with Crippen molar-refractivity contribution in [2.75, 3.05) is 0 Å². The monoisotopic (exact) mass is 271 g/mol. The van der Waals surface area contributed by atoms with E-state index < -0.39 is 5.97 Å². The van der Waals surface area contributed by atoms with E-state index in [1.54, 1.807) is 18.4 Å². The summed E-state index contributed by atoms with van der Waals surface area (Å²) < 4.78 is 5.26. The van der Waals surface area contributed by atoms with E-state index in [1.807, 2.05) is 30.3 Å². The third-order valence-electron chi connectivity index (χ3n) is 2.60. The van der Waals surface area contributed by atoms with E-state index in [0.29, 0.717) is 16.5 Å². The summed E-state index contributed by atoms with van der Waals surface area (Å²) >= 11 is 1.12. The zero-order chi connectivity index (χ0) is 13.2. The number of aromatic nitrogens is 1. The standard InChI is InChI=1S/C14H9NO3S/c16-14(17)12-11(9-5-2-1-3-6-9)15-13(19-12)10-7-4-8-18-10/h1-8H,(H,16,17). The van der Waals surface area contributed by atoms with Crippen LogP contribution in [0.4, 0.5) is 0 Å². The molecule has 94 valence electrons. The summed E-state index contributed by atoms with van der Waals surface area (Å²) in [7, 11) is 0. The fourth-order valence-electron chi connectivity index (χ4n) is 1.76. The molecule has 5 heteroatoms. The zero-order valence-corrected chi connectivity index (χ0v) is 10.6. The van der Waals surface area contributed by atoms with Gasteiger partial charge in [0.2, 0.25) is 0 Å². The molecule has 0 radical (unpaired) electrons. The molecule has 0 aliphatic heterocycles. The van der Waals surface area contributed by atoms with Crippen LogP contribution in [0.2, 0.25) is 0 Å². The van der Waals surface area contributed by atoms with Gasteiger partial charge in [-0.3, -0.25) is 0 Å². The fourth-order valence-corrected chi connectivity index (χ4v) is 2.66. The molecule has 19 heavy (non-hydrogen) atoms. The molecule has 4 nitrogen and oxygen atoms in total.